The lowest BCUT2D eigenvalue weighted by molar-refractivity contribution is -0.114. The molecule has 0 saturated heterocycles. The minimum Gasteiger partial charge on any atom is -0.326 e. The van der Waals surface area contributed by atoms with Gasteiger partial charge >= 0.3 is 0 Å². The van der Waals surface area contributed by atoms with Crippen LogP contribution in [0.25, 0.3) is 11.3 Å². The summed E-state index contributed by atoms with van der Waals surface area (Å²) in [5.41, 5.74) is 4.52. The van der Waals surface area contributed by atoms with E-state index in [0.29, 0.717) is 16.6 Å². The lowest BCUT2D eigenvalue weighted by Gasteiger charge is -2.06. The van der Waals surface area contributed by atoms with Crippen molar-refractivity contribution in [2.45, 2.75) is 24.8 Å². The summed E-state index contributed by atoms with van der Waals surface area (Å²) < 4.78 is 3.67. The van der Waals surface area contributed by atoms with Crippen LogP contribution in [0.15, 0.2) is 53.9 Å². The Kier molecular flexibility index (Phi) is 4.59. The van der Waals surface area contributed by atoms with Gasteiger partial charge in [0.05, 0.1) is 11.4 Å². The van der Waals surface area contributed by atoms with Crippen molar-refractivity contribution in [3.63, 3.8) is 0 Å². The molecule has 0 aliphatic carbocycles. The molecular formula is C18H17N7OS. The van der Waals surface area contributed by atoms with Gasteiger partial charge in [0.1, 0.15) is 5.65 Å². The molecular weight excluding hydrogens is 362 g/mol. The molecule has 9 heteroatoms. The first-order chi connectivity index (χ1) is 13.1. The molecule has 0 unspecified atom stereocenters. The minimum atomic E-state index is -0.124. The highest BCUT2D eigenvalue weighted by Crippen LogP contribution is 2.24. The van der Waals surface area contributed by atoms with Gasteiger partial charge in [-0.1, -0.05) is 23.9 Å². The third kappa shape index (κ3) is 3.68. The van der Waals surface area contributed by atoms with Gasteiger partial charge in [-0.15, -0.1) is 5.10 Å². The van der Waals surface area contributed by atoms with Gasteiger partial charge in [0.15, 0.2) is 0 Å². The van der Waals surface area contributed by atoms with E-state index < -0.39 is 0 Å². The van der Waals surface area contributed by atoms with Crippen molar-refractivity contribution in [2.75, 3.05) is 5.32 Å². The number of nitrogens with zero attached hydrogens (tertiary/aromatic N) is 6. The van der Waals surface area contributed by atoms with E-state index in [1.54, 1.807) is 4.68 Å². The Balaban J connectivity index is 1.55. The van der Waals surface area contributed by atoms with Crippen molar-refractivity contribution >= 4 is 29.0 Å². The van der Waals surface area contributed by atoms with Gasteiger partial charge in [-0.05, 0) is 47.2 Å². The zero-order chi connectivity index (χ0) is 18.8. The molecule has 27 heavy (non-hydrogen) atoms. The van der Waals surface area contributed by atoms with E-state index in [9.17, 15) is 4.79 Å². The molecule has 0 radical (unpaired) electrons. The summed E-state index contributed by atoms with van der Waals surface area (Å²) in [4.78, 5) is 15.9. The molecule has 0 bridgehead atoms. The molecule has 1 N–H and O–H groups in total. The molecule has 0 saturated carbocycles. The summed E-state index contributed by atoms with van der Waals surface area (Å²) in [5, 5.41) is 15.4. The highest BCUT2D eigenvalue weighted by molar-refractivity contribution is 7.98. The van der Waals surface area contributed by atoms with E-state index in [2.05, 4.69) is 25.8 Å². The summed E-state index contributed by atoms with van der Waals surface area (Å²) in [7, 11) is 0. The molecule has 0 fully saturated rings. The molecule has 1 amide bonds. The predicted octanol–water partition coefficient (Wildman–Crippen LogP) is 2.87. The number of carbonyl (C=O) groups is 1. The lowest BCUT2D eigenvalue weighted by atomic mass is 10.3. The lowest BCUT2D eigenvalue weighted by Crippen LogP contribution is -2.07. The van der Waals surface area contributed by atoms with Crippen molar-refractivity contribution in [1.29, 1.82) is 0 Å². The zero-order valence-electron chi connectivity index (χ0n) is 14.8. The van der Waals surface area contributed by atoms with Gasteiger partial charge in [0.25, 0.3) is 0 Å². The molecule has 3 aromatic heterocycles. The van der Waals surface area contributed by atoms with Crippen molar-refractivity contribution in [2.24, 2.45) is 0 Å². The normalized spacial score (nSPS) is 11.0. The Hall–Kier alpha value is -3.20. The maximum atomic E-state index is 11.3. The number of aromatic nitrogens is 6. The smallest absolute Gasteiger partial charge is 0.221 e. The van der Waals surface area contributed by atoms with Gasteiger partial charge in [-0.3, -0.25) is 4.79 Å². The number of anilines is 1. The van der Waals surface area contributed by atoms with E-state index in [1.807, 2.05) is 60.1 Å². The fourth-order valence-electron chi connectivity index (χ4n) is 2.76. The minimum absolute atomic E-state index is 0.124. The van der Waals surface area contributed by atoms with E-state index in [4.69, 9.17) is 0 Å². The van der Waals surface area contributed by atoms with Crippen molar-refractivity contribution in [3.8, 4) is 5.69 Å². The molecule has 3 heterocycles. The van der Waals surface area contributed by atoms with Crippen molar-refractivity contribution in [1.82, 2.24) is 29.6 Å². The van der Waals surface area contributed by atoms with Crippen LogP contribution in [-0.4, -0.2) is 35.5 Å². The molecule has 4 aromatic rings. The van der Waals surface area contributed by atoms with Gasteiger partial charge in [0, 0.05) is 30.8 Å². The van der Waals surface area contributed by atoms with E-state index >= 15 is 0 Å². The monoisotopic (exact) mass is 379 g/mol. The number of carbonyl (C=O) groups excluding carboxylic acids is 1. The maximum Gasteiger partial charge on any atom is 0.221 e. The molecule has 0 atom stereocenters. The number of benzene rings is 1. The van der Waals surface area contributed by atoms with E-state index in [-0.39, 0.29) is 5.91 Å². The first kappa shape index (κ1) is 17.2. The second-order valence-electron chi connectivity index (χ2n) is 6.05. The third-order valence-electron chi connectivity index (χ3n) is 3.93. The first-order valence-electron chi connectivity index (χ1n) is 8.32. The number of amides is 1. The van der Waals surface area contributed by atoms with Crippen molar-refractivity contribution in [3.05, 3.63) is 60.0 Å². The van der Waals surface area contributed by atoms with Crippen LogP contribution in [0.4, 0.5) is 5.69 Å². The molecule has 1 aromatic carbocycles. The number of hydrogen-bond donors (Lipinski definition) is 1. The molecule has 0 aliphatic rings. The number of pyridine rings is 1. The average Bonchev–Trinajstić information content (AvgIpc) is 3.27. The number of tetrazole rings is 1. The number of rotatable bonds is 5. The summed E-state index contributed by atoms with van der Waals surface area (Å²) in [6.07, 6.45) is 4.00. The topological polar surface area (TPSA) is 90.0 Å². The number of aryl methyl sites for hydroxylation is 1. The fraction of sp³-hybridized carbons (Fsp3) is 0.167. The second kappa shape index (κ2) is 7.20. The predicted molar refractivity (Wildman–Crippen MR) is 103 cm³/mol. The Morgan fingerprint density at radius 1 is 1.26 bits per heavy atom. The number of nitrogens with one attached hydrogen (secondary N) is 1. The maximum absolute atomic E-state index is 11.3. The average molecular weight is 379 g/mol. The number of imidazole rings is 1. The Morgan fingerprint density at radius 2 is 2.15 bits per heavy atom. The molecule has 4 rings (SSSR count). The summed E-state index contributed by atoms with van der Waals surface area (Å²) >= 11 is 1.51. The number of thioether (sulfide) groups is 1. The number of hydrogen-bond acceptors (Lipinski definition) is 6. The van der Waals surface area contributed by atoms with Gasteiger partial charge in [0.2, 0.25) is 11.1 Å². The van der Waals surface area contributed by atoms with Crippen LogP contribution in [-0.2, 0) is 10.5 Å². The highest BCUT2D eigenvalue weighted by Gasteiger charge is 2.12. The molecule has 0 aliphatic heterocycles. The van der Waals surface area contributed by atoms with Crippen molar-refractivity contribution < 1.29 is 4.79 Å². The summed E-state index contributed by atoms with van der Waals surface area (Å²) in [5.74, 6) is 0.521. The standard InChI is InChI=1S/C18H17N7OS/c1-12-5-4-8-24-10-15(20-17(12)24)11-27-18-21-22-23-25(18)16-7-3-6-14(9-16)19-13(2)26/h3-10H,11H2,1-2H3,(H,19,26). The largest absolute Gasteiger partial charge is 0.326 e. The molecule has 8 nitrogen and oxygen atoms in total. The quantitative estimate of drug-likeness (QED) is 0.536. The molecule has 0 spiro atoms. The highest BCUT2D eigenvalue weighted by atomic mass is 32.2. The molecule has 136 valence electrons. The van der Waals surface area contributed by atoms with Crippen LogP contribution in [0.3, 0.4) is 0 Å². The zero-order valence-corrected chi connectivity index (χ0v) is 15.6. The van der Waals surface area contributed by atoms with Crippen LogP contribution in [0.5, 0.6) is 0 Å². The van der Waals surface area contributed by atoms with E-state index in [1.165, 1.54) is 18.7 Å². The summed E-state index contributed by atoms with van der Waals surface area (Å²) in [6.45, 7) is 3.52. The van der Waals surface area contributed by atoms with Crippen LogP contribution >= 0.6 is 11.8 Å². The Morgan fingerprint density at radius 3 is 2.96 bits per heavy atom. The Labute approximate surface area is 159 Å². The SMILES string of the molecule is CC(=O)Nc1cccc(-n2nnnc2SCc2cn3cccc(C)c3n2)c1. The second-order valence-corrected chi connectivity index (χ2v) is 6.99. The summed E-state index contributed by atoms with van der Waals surface area (Å²) in [6, 6.07) is 11.4. The number of fused-ring (bicyclic) bond motifs is 1. The van der Waals surface area contributed by atoms with Gasteiger partial charge < -0.3 is 9.72 Å². The van der Waals surface area contributed by atoms with Crippen LogP contribution < -0.4 is 5.32 Å². The fourth-order valence-corrected chi connectivity index (χ4v) is 3.54. The van der Waals surface area contributed by atoms with Gasteiger partial charge in [-0.2, -0.15) is 4.68 Å². The van der Waals surface area contributed by atoms with Crippen LogP contribution in [0.2, 0.25) is 0 Å². The first-order valence-corrected chi connectivity index (χ1v) is 9.31. The Bertz CT molecular complexity index is 1120. The van der Waals surface area contributed by atoms with E-state index in [0.717, 1.165) is 22.6 Å². The third-order valence-corrected chi connectivity index (χ3v) is 4.88. The van der Waals surface area contributed by atoms with Crippen LogP contribution in [0.1, 0.15) is 18.2 Å². The van der Waals surface area contributed by atoms with Crippen LogP contribution in [0, 0.1) is 6.92 Å². The van der Waals surface area contributed by atoms with Gasteiger partial charge in [-0.25, -0.2) is 4.98 Å².